The van der Waals surface area contributed by atoms with Gasteiger partial charge in [-0.3, -0.25) is 0 Å². The van der Waals surface area contributed by atoms with Gasteiger partial charge >= 0.3 is 0 Å². The van der Waals surface area contributed by atoms with E-state index in [1.54, 1.807) is 0 Å². The van der Waals surface area contributed by atoms with E-state index in [4.69, 9.17) is 0 Å². The van der Waals surface area contributed by atoms with Crippen molar-refractivity contribution >= 4 is 11.0 Å². The van der Waals surface area contributed by atoms with Crippen molar-refractivity contribution in [3.05, 3.63) is 66.5 Å². The van der Waals surface area contributed by atoms with E-state index in [1.807, 2.05) is 12.4 Å². The molecule has 3 aromatic rings. The Morgan fingerprint density at radius 3 is 2.62 bits per heavy atom. The molecule has 3 nitrogen and oxygen atoms in total. The number of benzene rings is 2. The second-order valence-corrected chi connectivity index (χ2v) is 5.75. The molecule has 1 unspecified atom stereocenters. The molecule has 1 saturated carbocycles. The van der Waals surface area contributed by atoms with Gasteiger partial charge in [0.1, 0.15) is 0 Å². The monoisotopic (exact) mass is 277 g/mol. The minimum Gasteiger partial charge on any atom is -0.322 e. The molecule has 0 amide bonds. The highest BCUT2D eigenvalue weighted by Crippen LogP contribution is 2.25. The summed E-state index contributed by atoms with van der Waals surface area (Å²) >= 11 is 0. The van der Waals surface area contributed by atoms with Crippen LogP contribution >= 0.6 is 0 Å². The van der Waals surface area contributed by atoms with Gasteiger partial charge < -0.3 is 9.88 Å². The molecule has 1 heterocycles. The van der Waals surface area contributed by atoms with E-state index in [2.05, 4.69) is 63.4 Å². The Hall–Kier alpha value is -2.13. The zero-order valence-corrected chi connectivity index (χ0v) is 11.9. The molecule has 1 aromatic heterocycles. The molecule has 2 aromatic carbocycles. The lowest BCUT2D eigenvalue weighted by atomic mass is 10.1. The minimum absolute atomic E-state index is 0.291. The number of imidazole rings is 1. The number of aromatic nitrogens is 2. The van der Waals surface area contributed by atoms with Crippen molar-refractivity contribution in [1.82, 2.24) is 14.9 Å². The fourth-order valence-electron chi connectivity index (χ4n) is 2.84. The van der Waals surface area contributed by atoms with Crippen molar-refractivity contribution in [2.45, 2.75) is 24.9 Å². The van der Waals surface area contributed by atoms with E-state index in [1.165, 1.54) is 23.9 Å². The Bertz CT molecular complexity index is 728. The Balaban J connectivity index is 1.73. The number of para-hydroxylation sites is 2. The van der Waals surface area contributed by atoms with E-state index in [0.717, 1.165) is 12.1 Å². The Morgan fingerprint density at radius 2 is 1.81 bits per heavy atom. The SMILES string of the molecule is c1ccc(C(CNC2CC2)n2cnc3ccccc32)cc1. The fraction of sp³-hybridized carbons (Fsp3) is 0.278. The summed E-state index contributed by atoms with van der Waals surface area (Å²) < 4.78 is 2.29. The molecule has 21 heavy (non-hydrogen) atoms. The molecule has 1 fully saturated rings. The van der Waals surface area contributed by atoms with Gasteiger partial charge in [0.2, 0.25) is 0 Å². The predicted molar refractivity (Wildman–Crippen MR) is 85.3 cm³/mol. The van der Waals surface area contributed by atoms with Crippen molar-refractivity contribution in [1.29, 1.82) is 0 Å². The molecule has 1 aliphatic rings. The van der Waals surface area contributed by atoms with Crippen LogP contribution in [0, 0.1) is 0 Å². The summed E-state index contributed by atoms with van der Waals surface area (Å²) in [7, 11) is 0. The Labute approximate surface area is 124 Å². The van der Waals surface area contributed by atoms with E-state index in [0.29, 0.717) is 12.1 Å². The van der Waals surface area contributed by atoms with E-state index >= 15 is 0 Å². The first-order valence-corrected chi connectivity index (χ1v) is 7.62. The van der Waals surface area contributed by atoms with E-state index in [-0.39, 0.29) is 0 Å². The molecular formula is C18H19N3. The van der Waals surface area contributed by atoms with Gasteiger partial charge in [0.05, 0.1) is 23.4 Å². The van der Waals surface area contributed by atoms with Crippen LogP contribution in [0.2, 0.25) is 0 Å². The summed E-state index contributed by atoms with van der Waals surface area (Å²) in [5.41, 5.74) is 3.59. The highest BCUT2D eigenvalue weighted by atomic mass is 15.1. The van der Waals surface area contributed by atoms with Gasteiger partial charge in [-0.05, 0) is 30.5 Å². The maximum absolute atomic E-state index is 4.54. The number of nitrogens with one attached hydrogen (secondary N) is 1. The molecule has 0 bridgehead atoms. The summed E-state index contributed by atoms with van der Waals surface area (Å²) in [6, 6.07) is 20.0. The Kier molecular flexibility index (Phi) is 3.20. The topological polar surface area (TPSA) is 29.9 Å². The number of nitrogens with zero attached hydrogens (tertiary/aromatic N) is 2. The largest absolute Gasteiger partial charge is 0.322 e. The summed E-state index contributed by atoms with van der Waals surface area (Å²) in [6.07, 6.45) is 4.59. The first kappa shape index (κ1) is 12.6. The van der Waals surface area contributed by atoms with Gasteiger partial charge in [-0.2, -0.15) is 0 Å². The number of fused-ring (bicyclic) bond motifs is 1. The zero-order valence-electron chi connectivity index (χ0n) is 11.9. The van der Waals surface area contributed by atoms with Crippen LogP contribution in [0.5, 0.6) is 0 Å². The highest BCUT2D eigenvalue weighted by Gasteiger charge is 2.23. The van der Waals surface area contributed by atoms with Crippen LogP contribution in [0.3, 0.4) is 0 Å². The maximum Gasteiger partial charge on any atom is 0.0964 e. The molecule has 106 valence electrons. The molecule has 0 saturated heterocycles. The third-order valence-electron chi connectivity index (χ3n) is 4.18. The third kappa shape index (κ3) is 2.57. The van der Waals surface area contributed by atoms with Crippen LogP contribution in [0.25, 0.3) is 11.0 Å². The van der Waals surface area contributed by atoms with Crippen LogP contribution in [-0.4, -0.2) is 22.1 Å². The van der Waals surface area contributed by atoms with Gasteiger partial charge in [-0.25, -0.2) is 4.98 Å². The van der Waals surface area contributed by atoms with Gasteiger partial charge in [-0.15, -0.1) is 0 Å². The number of hydrogen-bond donors (Lipinski definition) is 1. The standard InChI is InChI=1S/C18H19N3/c1-2-6-14(7-3-1)18(12-19-15-10-11-15)21-13-20-16-8-4-5-9-17(16)21/h1-9,13,15,18-19H,10-12H2. The van der Waals surface area contributed by atoms with Crippen molar-refractivity contribution in [2.75, 3.05) is 6.54 Å². The predicted octanol–water partition coefficient (Wildman–Crippen LogP) is 3.38. The van der Waals surface area contributed by atoms with Crippen LogP contribution in [0.1, 0.15) is 24.4 Å². The fourth-order valence-corrected chi connectivity index (χ4v) is 2.84. The Morgan fingerprint density at radius 1 is 1.05 bits per heavy atom. The third-order valence-corrected chi connectivity index (χ3v) is 4.18. The number of rotatable bonds is 5. The highest BCUT2D eigenvalue weighted by molar-refractivity contribution is 5.75. The average Bonchev–Trinajstić information content (AvgIpc) is 3.28. The van der Waals surface area contributed by atoms with Gasteiger partial charge in [0.25, 0.3) is 0 Å². The second-order valence-electron chi connectivity index (χ2n) is 5.75. The van der Waals surface area contributed by atoms with Crippen molar-refractivity contribution in [3.8, 4) is 0 Å². The zero-order chi connectivity index (χ0) is 14.1. The van der Waals surface area contributed by atoms with Crippen LogP contribution < -0.4 is 5.32 Å². The van der Waals surface area contributed by atoms with Gasteiger partial charge in [-0.1, -0.05) is 42.5 Å². The quantitative estimate of drug-likeness (QED) is 0.775. The van der Waals surface area contributed by atoms with Crippen LogP contribution in [-0.2, 0) is 0 Å². The summed E-state index contributed by atoms with van der Waals surface area (Å²) in [4.78, 5) is 4.54. The lowest BCUT2D eigenvalue weighted by molar-refractivity contribution is 0.529. The lowest BCUT2D eigenvalue weighted by Gasteiger charge is -2.20. The summed E-state index contributed by atoms with van der Waals surface area (Å²) in [5.74, 6) is 0. The smallest absolute Gasteiger partial charge is 0.0964 e. The normalized spacial score (nSPS) is 16.2. The molecular weight excluding hydrogens is 258 g/mol. The molecule has 0 spiro atoms. The molecule has 1 aliphatic carbocycles. The molecule has 1 atom stereocenters. The van der Waals surface area contributed by atoms with Crippen molar-refractivity contribution in [3.63, 3.8) is 0 Å². The molecule has 0 aliphatic heterocycles. The van der Waals surface area contributed by atoms with E-state index < -0.39 is 0 Å². The van der Waals surface area contributed by atoms with Crippen LogP contribution in [0.15, 0.2) is 60.9 Å². The lowest BCUT2D eigenvalue weighted by Crippen LogP contribution is -2.27. The molecule has 4 rings (SSSR count). The molecule has 3 heteroatoms. The maximum atomic E-state index is 4.54. The van der Waals surface area contributed by atoms with Crippen molar-refractivity contribution < 1.29 is 0 Å². The average molecular weight is 277 g/mol. The second kappa shape index (κ2) is 5.34. The summed E-state index contributed by atoms with van der Waals surface area (Å²) in [5, 5.41) is 3.66. The number of hydrogen-bond acceptors (Lipinski definition) is 2. The first-order chi connectivity index (χ1) is 10.4. The molecule has 0 radical (unpaired) electrons. The molecule has 1 N–H and O–H groups in total. The summed E-state index contributed by atoms with van der Waals surface area (Å²) in [6.45, 7) is 0.953. The van der Waals surface area contributed by atoms with Gasteiger partial charge in [0, 0.05) is 12.6 Å². The van der Waals surface area contributed by atoms with Gasteiger partial charge in [0.15, 0.2) is 0 Å². The first-order valence-electron chi connectivity index (χ1n) is 7.62. The minimum atomic E-state index is 0.291. The van der Waals surface area contributed by atoms with E-state index in [9.17, 15) is 0 Å². The van der Waals surface area contributed by atoms with Crippen molar-refractivity contribution in [2.24, 2.45) is 0 Å². The van der Waals surface area contributed by atoms with Crippen LogP contribution in [0.4, 0.5) is 0 Å².